The second-order valence-electron chi connectivity index (χ2n) is 12.9. The van der Waals surface area contributed by atoms with Gasteiger partial charge in [0.2, 0.25) is 0 Å². The number of fused-ring (bicyclic) bond motifs is 6. The minimum absolute atomic E-state index is 0.0554. The van der Waals surface area contributed by atoms with Crippen LogP contribution in [-0.2, 0) is 17.4 Å². The van der Waals surface area contributed by atoms with Crippen LogP contribution in [0.15, 0.2) is 97.1 Å². The molecule has 0 atom stereocenters. The minimum atomic E-state index is -0.190. The third-order valence-corrected chi connectivity index (χ3v) is 9.41. The van der Waals surface area contributed by atoms with E-state index >= 15 is 0 Å². The predicted octanol–water partition coefficient (Wildman–Crippen LogP) is 9.92. The first kappa shape index (κ1) is 25.5. The second kappa shape index (κ2) is 9.04. The van der Waals surface area contributed by atoms with Crippen LogP contribution in [0.3, 0.4) is 0 Å². The molecule has 0 aliphatic heterocycles. The van der Waals surface area contributed by atoms with Gasteiger partial charge in [0.05, 0.1) is 21.5 Å². The fraction of sp³-hybridized carbons (Fsp3) is 0.243. The van der Waals surface area contributed by atoms with Gasteiger partial charge < -0.3 is 4.57 Å². The van der Waals surface area contributed by atoms with Crippen molar-refractivity contribution in [3.8, 4) is 11.1 Å². The molecule has 0 saturated heterocycles. The number of hydrogen-bond donors (Lipinski definition) is 0. The fourth-order valence-electron chi connectivity index (χ4n) is 7.04. The largest absolute Gasteiger partial charge is 0.335 e. The van der Waals surface area contributed by atoms with Crippen molar-refractivity contribution in [1.29, 1.82) is 0 Å². The Morgan fingerprint density at radius 1 is 0.732 bits per heavy atom. The Balaban J connectivity index is 1.60. The van der Waals surface area contributed by atoms with E-state index < -0.39 is 0 Å². The van der Waals surface area contributed by atoms with Crippen molar-refractivity contribution in [2.75, 3.05) is 0 Å². The van der Waals surface area contributed by atoms with E-state index in [-0.39, 0.29) is 21.4 Å². The van der Waals surface area contributed by atoms with Gasteiger partial charge in [0.1, 0.15) is 0 Å². The van der Waals surface area contributed by atoms with E-state index in [0.29, 0.717) is 12.1 Å². The van der Waals surface area contributed by atoms with Crippen LogP contribution in [0.4, 0.5) is 5.69 Å². The molecule has 0 radical (unpaired) electrons. The first-order valence-corrected chi connectivity index (χ1v) is 14.5. The number of benzene rings is 5. The number of aromatic nitrogens is 1. The van der Waals surface area contributed by atoms with Crippen molar-refractivity contribution in [1.82, 2.24) is 4.57 Å². The molecule has 1 aromatic heterocycles. The van der Waals surface area contributed by atoms with E-state index in [1.807, 2.05) is 12.1 Å². The summed E-state index contributed by atoms with van der Waals surface area (Å²) in [6.45, 7) is 9.69. The lowest BCUT2D eigenvalue weighted by Crippen LogP contribution is -2.34. The highest BCUT2D eigenvalue weighted by Gasteiger charge is 2.39. The Morgan fingerprint density at radius 3 is 2.15 bits per heavy atom. The van der Waals surface area contributed by atoms with E-state index in [1.54, 1.807) is 0 Å². The molecule has 4 heteroatoms. The van der Waals surface area contributed by atoms with Crippen molar-refractivity contribution in [3.63, 3.8) is 0 Å². The lowest BCUT2D eigenvalue weighted by molar-refractivity contribution is -0.384. The van der Waals surface area contributed by atoms with Crippen molar-refractivity contribution < 1.29 is 4.92 Å². The molecule has 0 unspecified atom stereocenters. The van der Waals surface area contributed by atoms with Gasteiger partial charge in [-0.1, -0.05) is 107 Å². The summed E-state index contributed by atoms with van der Waals surface area (Å²) in [5, 5.41) is 17.2. The maximum atomic E-state index is 12.7. The van der Waals surface area contributed by atoms with Crippen molar-refractivity contribution in [2.24, 2.45) is 0 Å². The first-order valence-electron chi connectivity index (χ1n) is 14.5. The summed E-state index contributed by atoms with van der Waals surface area (Å²) in [4.78, 5) is 12.5. The van der Waals surface area contributed by atoms with Crippen LogP contribution in [0, 0.1) is 10.1 Å². The molecule has 6 aromatic rings. The highest BCUT2D eigenvalue weighted by molar-refractivity contribution is 6.22. The molecule has 0 N–H and O–H groups in total. The maximum Gasteiger partial charge on any atom is 0.277 e. The Bertz CT molecular complexity index is 2000. The summed E-state index contributed by atoms with van der Waals surface area (Å²) in [5.41, 5.74) is 7.45. The zero-order valence-electron chi connectivity index (χ0n) is 24.1. The summed E-state index contributed by atoms with van der Waals surface area (Å²) >= 11 is 0. The van der Waals surface area contributed by atoms with E-state index in [1.165, 1.54) is 21.9 Å². The van der Waals surface area contributed by atoms with Gasteiger partial charge in [-0.15, -0.1) is 0 Å². The van der Waals surface area contributed by atoms with Gasteiger partial charge in [0.25, 0.3) is 5.69 Å². The van der Waals surface area contributed by atoms with Crippen molar-refractivity contribution >= 4 is 38.3 Å². The van der Waals surface area contributed by atoms with Crippen LogP contribution in [0.1, 0.15) is 57.2 Å². The fourth-order valence-corrected chi connectivity index (χ4v) is 7.04. The molecule has 0 bridgehead atoms. The predicted molar refractivity (Wildman–Crippen MR) is 170 cm³/mol. The second-order valence-corrected chi connectivity index (χ2v) is 12.9. The number of nitrogens with zero attached hydrogens (tertiary/aromatic N) is 2. The molecule has 0 fully saturated rings. The monoisotopic (exact) mass is 538 g/mol. The average Bonchev–Trinajstić information content (AvgIpc) is 3.29. The summed E-state index contributed by atoms with van der Waals surface area (Å²) in [5.74, 6) is 0. The lowest BCUT2D eigenvalue weighted by atomic mass is 9.62. The minimum Gasteiger partial charge on any atom is -0.335 e. The molecule has 1 aliphatic rings. The maximum absolute atomic E-state index is 12.7. The summed E-state index contributed by atoms with van der Waals surface area (Å²) in [6, 6.07) is 33.7. The molecule has 4 nitrogen and oxygen atoms in total. The number of nitro benzene ring substituents is 1. The summed E-state index contributed by atoms with van der Waals surface area (Å²) in [7, 11) is 0. The van der Waals surface area contributed by atoms with Gasteiger partial charge in [-0.3, -0.25) is 10.1 Å². The van der Waals surface area contributed by atoms with E-state index in [0.717, 1.165) is 45.8 Å². The standard InChI is InChI=1S/C37H34N2O2/c1-36(2)19-20-37(3,4)31-22-33(39(40)41)29(21-30(31)36)27-15-10-16-32-34(27)28-18-17-25-13-8-9-14-26(25)35(28)38(32)23-24-11-6-5-7-12-24/h5-18,21-22H,19-20,23H2,1-4H3. The van der Waals surface area contributed by atoms with E-state index in [9.17, 15) is 10.1 Å². The van der Waals surface area contributed by atoms with Crippen molar-refractivity contribution in [3.05, 3.63) is 124 Å². The molecule has 41 heavy (non-hydrogen) atoms. The van der Waals surface area contributed by atoms with Crippen LogP contribution < -0.4 is 0 Å². The SMILES string of the molecule is CC1(C)CCC(C)(C)c2cc([N+](=O)[O-])c(-c3cccc4c3c3ccc5ccccc5c3n4Cc3ccccc3)cc21. The van der Waals surface area contributed by atoms with Crippen LogP contribution in [0.2, 0.25) is 0 Å². The highest BCUT2D eigenvalue weighted by Crippen LogP contribution is 2.50. The van der Waals surface area contributed by atoms with Gasteiger partial charge in [-0.2, -0.15) is 0 Å². The zero-order chi connectivity index (χ0) is 28.5. The normalized spacial score (nSPS) is 15.8. The van der Waals surface area contributed by atoms with Gasteiger partial charge in [0.15, 0.2) is 0 Å². The first-order chi connectivity index (χ1) is 19.7. The smallest absolute Gasteiger partial charge is 0.277 e. The van der Waals surface area contributed by atoms with E-state index in [4.69, 9.17) is 0 Å². The van der Waals surface area contributed by atoms with Gasteiger partial charge in [-0.05, 0) is 63.4 Å². The Morgan fingerprint density at radius 2 is 1.41 bits per heavy atom. The van der Waals surface area contributed by atoms with Crippen LogP contribution in [0.25, 0.3) is 43.7 Å². The molecule has 5 aromatic carbocycles. The van der Waals surface area contributed by atoms with Crippen molar-refractivity contribution in [2.45, 2.75) is 57.9 Å². The molecule has 1 heterocycles. The Hall–Kier alpha value is -4.44. The van der Waals surface area contributed by atoms with Gasteiger partial charge in [-0.25, -0.2) is 0 Å². The number of rotatable bonds is 4. The molecular weight excluding hydrogens is 504 g/mol. The van der Waals surface area contributed by atoms with E-state index in [2.05, 4.69) is 117 Å². The quantitative estimate of drug-likeness (QED) is 0.166. The zero-order valence-corrected chi connectivity index (χ0v) is 24.1. The number of nitro groups is 1. The van der Waals surface area contributed by atoms with Crippen LogP contribution in [0.5, 0.6) is 0 Å². The third-order valence-electron chi connectivity index (χ3n) is 9.41. The summed E-state index contributed by atoms with van der Waals surface area (Å²) < 4.78 is 2.39. The molecule has 204 valence electrons. The Kier molecular flexibility index (Phi) is 5.62. The summed E-state index contributed by atoms with van der Waals surface area (Å²) in [6.07, 6.45) is 2.07. The lowest BCUT2D eigenvalue weighted by Gasteiger charge is -2.41. The molecule has 0 spiro atoms. The topological polar surface area (TPSA) is 48.1 Å². The van der Waals surface area contributed by atoms with Crippen LogP contribution in [-0.4, -0.2) is 9.49 Å². The molecule has 7 rings (SSSR count). The van der Waals surface area contributed by atoms with Gasteiger partial charge in [0, 0.05) is 28.8 Å². The molecule has 0 saturated carbocycles. The molecular formula is C37H34N2O2. The molecule has 0 amide bonds. The van der Waals surface area contributed by atoms with Crippen LogP contribution >= 0.6 is 0 Å². The molecule has 1 aliphatic carbocycles. The number of hydrogen-bond acceptors (Lipinski definition) is 2. The van der Waals surface area contributed by atoms with Gasteiger partial charge >= 0.3 is 0 Å². The highest BCUT2D eigenvalue weighted by atomic mass is 16.6. The third kappa shape index (κ3) is 3.96. The Labute approximate surface area is 240 Å². The average molecular weight is 539 g/mol.